The van der Waals surface area contributed by atoms with Crippen LogP contribution < -0.4 is 10.1 Å². The minimum atomic E-state index is -1.08. The minimum absolute atomic E-state index is 0.156. The Morgan fingerprint density at radius 2 is 2.11 bits per heavy atom. The van der Waals surface area contributed by atoms with Crippen LogP contribution in [0, 0.1) is 0 Å². The first kappa shape index (κ1) is 18.7. The molecule has 1 unspecified atom stereocenters. The fraction of sp³-hybridized carbons (Fsp3) is 0.273. The molecule has 2 N–H and O–H groups in total. The molecule has 5 nitrogen and oxygen atoms in total. The lowest BCUT2D eigenvalue weighted by Crippen LogP contribution is -2.43. The van der Waals surface area contributed by atoms with Crippen molar-refractivity contribution in [3.8, 4) is 16.3 Å². The van der Waals surface area contributed by atoms with Crippen LogP contribution in [0.3, 0.4) is 0 Å². The molecule has 1 aliphatic rings. The van der Waals surface area contributed by atoms with Crippen molar-refractivity contribution in [2.24, 2.45) is 0 Å². The van der Waals surface area contributed by atoms with Crippen molar-refractivity contribution in [1.82, 2.24) is 10.3 Å². The molecule has 6 heteroatoms. The monoisotopic (exact) mass is 394 g/mol. The lowest BCUT2D eigenvalue weighted by molar-refractivity contribution is 0.0188. The van der Waals surface area contributed by atoms with Gasteiger partial charge in [-0.2, -0.15) is 0 Å². The van der Waals surface area contributed by atoms with Crippen molar-refractivity contribution < 1.29 is 14.6 Å². The van der Waals surface area contributed by atoms with E-state index >= 15 is 0 Å². The van der Waals surface area contributed by atoms with E-state index in [1.807, 2.05) is 48.5 Å². The zero-order valence-electron chi connectivity index (χ0n) is 15.6. The van der Waals surface area contributed by atoms with Gasteiger partial charge in [0.05, 0.1) is 13.7 Å². The van der Waals surface area contributed by atoms with E-state index in [-0.39, 0.29) is 12.5 Å². The van der Waals surface area contributed by atoms with E-state index in [9.17, 15) is 9.90 Å². The van der Waals surface area contributed by atoms with E-state index in [4.69, 9.17) is 4.74 Å². The summed E-state index contributed by atoms with van der Waals surface area (Å²) in [7, 11) is 1.63. The largest absolute Gasteiger partial charge is 0.497 e. The number of hydrogen-bond acceptors (Lipinski definition) is 5. The van der Waals surface area contributed by atoms with Crippen LogP contribution in [0.5, 0.6) is 5.75 Å². The van der Waals surface area contributed by atoms with Gasteiger partial charge in [-0.15, -0.1) is 11.3 Å². The molecule has 0 saturated heterocycles. The zero-order chi connectivity index (χ0) is 19.6. The normalized spacial score (nSPS) is 18.4. The molecule has 0 radical (unpaired) electrons. The number of nitrogens with one attached hydrogen (secondary N) is 1. The summed E-state index contributed by atoms with van der Waals surface area (Å²) in [5, 5.41) is 16.6. The Labute approximate surface area is 168 Å². The van der Waals surface area contributed by atoms with Crippen molar-refractivity contribution in [3.05, 3.63) is 70.7 Å². The van der Waals surface area contributed by atoms with Gasteiger partial charge >= 0.3 is 0 Å². The number of benzene rings is 2. The van der Waals surface area contributed by atoms with E-state index in [0.29, 0.717) is 12.1 Å². The average molecular weight is 394 g/mol. The van der Waals surface area contributed by atoms with Crippen LogP contribution >= 0.6 is 11.3 Å². The Morgan fingerprint density at radius 3 is 2.89 bits per heavy atom. The number of aromatic nitrogens is 1. The standard InChI is InChI=1S/C22H22N2O3S/c1-27-17-9-10-18-16(12-17)8-5-11-22(18,26)14-23-20(25)19-13-28-21(24-19)15-6-3-2-4-7-15/h2-4,6-7,9-10,12-13,26H,5,8,11,14H2,1H3,(H,23,25). The quantitative estimate of drug-likeness (QED) is 0.691. The molecule has 0 bridgehead atoms. The molecule has 0 fully saturated rings. The van der Waals surface area contributed by atoms with Gasteiger partial charge in [0.25, 0.3) is 5.91 Å². The first-order valence-corrected chi connectivity index (χ1v) is 10.2. The fourth-order valence-corrected chi connectivity index (χ4v) is 4.46. The molecular weight excluding hydrogens is 372 g/mol. The predicted molar refractivity (Wildman–Crippen MR) is 110 cm³/mol. The van der Waals surface area contributed by atoms with E-state index in [0.717, 1.165) is 40.3 Å². The Balaban J connectivity index is 1.48. The summed E-state index contributed by atoms with van der Waals surface area (Å²) in [6.45, 7) is 0.156. The maximum absolute atomic E-state index is 12.6. The number of rotatable bonds is 5. The van der Waals surface area contributed by atoms with E-state index in [2.05, 4.69) is 10.3 Å². The van der Waals surface area contributed by atoms with Gasteiger partial charge < -0.3 is 15.2 Å². The molecule has 1 aromatic heterocycles. The highest BCUT2D eigenvalue weighted by atomic mass is 32.1. The van der Waals surface area contributed by atoms with Gasteiger partial charge in [0, 0.05) is 10.9 Å². The first-order valence-electron chi connectivity index (χ1n) is 9.28. The van der Waals surface area contributed by atoms with Crippen LogP contribution in [0.1, 0.15) is 34.5 Å². The summed E-state index contributed by atoms with van der Waals surface area (Å²) in [6, 6.07) is 15.5. The maximum atomic E-state index is 12.6. The molecule has 0 aliphatic heterocycles. The van der Waals surface area contributed by atoms with Gasteiger partial charge in [0.15, 0.2) is 0 Å². The molecule has 0 saturated carbocycles. The topological polar surface area (TPSA) is 71.5 Å². The summed E-state index contributed by atoms with van der Waals surface area (Å²) < 4.78 is 5.28. The molecule has 28 heavy (non-hydrogen) atoms. The van der Waals surface area contributed by atoms with Gasteiger partial charge in [-0.3, -0.25) is 4.79 Å². The van der Waals surface area contributed by atoms with Gasteiger partial charge in [-0.25, -0.2) is 4.98 Å². The first-order chi connectivity index (χ1) is 13.6. The smallest absolute Gasteiger partial charge is 0.270 e. The zero-order valence-corrected chi connectivity index (χ0v) is 16.5. The second-order valence-electron chi connectivity index (χ2n) is 6.99. The average Bonchev–Trinajstić information content (AvgIpc) is 3.23. The highest BCUT2D eigenvalue weighted by Gasteiger charge is 2.35. The highest BCUT2D eigenvalue weighted by molar-refractivity contribution is 7.13. The van der Waals surface area contributed by atoms with Crippen LogP contribution in [0.2, 0.25) is 0 Å². The second kappa shape index (κ2) is 7.73. The summed E-state index contributed by atoms with van der Waals surface area (Å²) in [5.74, 6) is 0.510. The second-order valence-corrected chi connectivity index (χ2v) is 7.85. The summed E-state index contributed by atoms with van der Waals surface area (Å²) in [6.07, 6.45) is 2.37. The van der Waals surface area contributed by atoms with Gasteiger partial charge in [0.2, 0.25) is 0 Å². The SMILES string of the molecule is COc1ccc2c(c1)CCCC2(O)CNC(=O)c1csc(-c2ccccc2)n1. The number of aliphatic hydroxyl groups is 1. The molecular formula is C22H22N2O3S. The molecule has 4 rings (SSSR count). The number of hydrogen-bond donors (Lipinski definition) is 2. The number of carbonyl (C=O) groups is 1. The van der Waals surface area contributed by atoms with Crippen molar-refractivity contribution >= 4 is 17.2 Å². The number of methoxy groups -OCH3 is 1. The van der Waals surface area contributed by atoms with Crippen molar-refractivity contribution in [2.45, 2.75) is 24.9 Å². The minimum Gasteiger partial charge on any atom is -0.497 e. The van der Waals surface area contributed by atoms with E-state index in [1.165, 1.54) is 11.3 Å². The van der Waals surface area contributed by atoms with Crippen molar-refractivity contribution in [1.29, 1.82) is 0 Å². The van der Waals surface area contributed by atoms with Crippen molar-refractivity contribution in [2.75, 3.05) is 13.7 Å². The Kier molecular flexibility index (Phi) is 5.15. The Morgan fingerprint density at radius 1 is 1.29 bits per heavy atom. The number of amides is 1. The van der Waals surface area contributed by atoms with Crippen LogP contribution in [0.15, 0.2) is 53.9 Å². The third-order valence-electron chi connectivity index (χ3n) is 5.15. The number of thiazole rings is 1. The molecule has 2 aromatic carbocycles. The number of nitrogens with zero attached hydrogens (tertiary/aromatic N) is 1. The lowest BCUT2D eigenvalue weighted by Gasteiger charge is -2.34. The number of fused-ring (bicyclic) bond motifs is 1. The fourth-order valence-electron chi connectivity index (χ4n) is 3.66. The molecule has 0 spiro atoms. The Bertz CT molecular complexity index is 986. The molecule has 1 atom stereocenters. The molecule has 1 aliphatic carbocycles. The number of carbonyl (C=O) groups excluding carboxylic acids is 1. The number of ether oxygens (including phenoxy) is 1. The van der Waals surface area contributed by atoms with Crippen molar-refractivity contribution in [3.63, 3.8) is 0 Å². The van der Waals surface area contributed by atoms with E-state index < -0.39 is 5.60 Å². The molecule has 1 heterocycles. The lowest BCUT2D eigenvalue weighted by atomic mass is 9.79. The molecule has 3 aromatic rings. The summed E-state index contributed by atoms with van der Waals surface area (Å²) in [5.41, 5.74) is 2.22. The molecule has 1 amide bonds. The highest BCUT2D eigenvalue weighted by Crippen LogP contribution is 2.36. The van der Waals surface area contributed by atoms with Crippen LogP contribution in [-0.2, 0) is 12.0 Å². The van der Waals surface area contributed by atoms with Gasteiger partial charge in [-0.05, 0) is 42.5 Å². The van der Waals surface area contributed by atoms with Crippen LogP contribution in [0.4, 0.5) is 0 Å². The van der Waals surface area contributed by atoms with Crippen LogP contribution in [0.25, 0.3) is 10.6 Å². The van der Waals surface area contributed by atoms with Crippen LogP contribution in [-0.4, -0.2) is 29.7 Å². The van der Waals surface area contributed by atoms with E-state index in [1.54, 1.807) is 12.5 Å². The summed E-state index contributed by atoms with van der Waals surface area (Å²) >= 11 is 1.44. The number of aryl methyl sites for hydroxylation is 1. The van der Waals surface area contributed by atoms with Gasteiger partial charge in [-0.1, -0.05) is 36.4 Å². The third kappa shape index (κ3) is 3.66. The molecule has 144 valence electrons. The predicted octanol–water partition coefficient (Wildman–Crippen LogP) is 3.77. The maximum Gasteiger partial charge on any atom is 0.270 e. The Hall–Kier alpha value is -2.70. The van der Waals surface area contributed by atoms with Gasteiger partial charge in [0.1, 0.15) is 22.1 Å². The summed E-state index contributed by atoms with van der Waals surface area (Å²) in [4.78, 5) is 17.0. The third-order valence-corrected chi connectivity index (χ3v) is 6.04.